The van der Waals surface area contributed by atoms with E-state index in [9.17, 15) is 10.1 Å². The normalized spacial score (nSPS) is 20.5. The van der Waals surface area contributed by atoms with E-state index < -0.39 is 0 Å². The van der Waals surface area contributed by atoms with Crippen LogP contribution in [0.2, 0.25) is 0 Å². The lowest BCUT2D eigenvalue weighted by Gasteiger charge is -2.34. The predicted molar refractivity (Wildman–Crippen MR) is 138 cm³/mol. The van der Waals surface area contributed by atoms with E-state index in [-0.39, 0.29) is 5.91 Å². The van der Waals surface area contributed by atoms with Gasteiger partial charge in [-0.2, -0.15) is 5.26 Å². The maximum absolute atomic E-state index is 12.4. The molecule has 5 aliphatic heterocycles. The minimum absolute atomic E-state index is 0.0534. The molecular weight excluding hydrogens is 454 g/mol. The van der Waals surface area contributed by atoms with Gasteiger partial charge in [0.2, 0.25) is 11.9 Å². The number of aromatic nitrogens is 3. The third-order valence-electron chi connectivity index (χ3n) is 6.40. The molecule has 3 aromatic rings. The lowest BCUT2D eigenvalue weighted by molar-refractivity contribution is -0.122. The first-order valence-electron chi connectivity index (χ1n) is 12.2. The smallest absolute Gasteiger partial charge is 0.234 e. The Labute approximate surface area is 210 Å². The average molecular weight is 484 g/mol. The number of carbonyl (C=O) groups excluding carboxylic acids is 1. The van der Waals surface area contributed by atoms with Gasteiger partial charge in [0.05, 0.1) is 23.9 Å². The van der Waals surface area contributed by atoms with Crippen molar-refractivity contribution in [2.75, 3.05) is 56.4 Å². The number of amides is 1. The summed E-state index contributed by atoms with van der Waals surface area (Å²) >= 11 is 0. The molecule has 5 aliphatic rings. The van der Waals surface area contributed by atoms with Crippen LogP contribution < -0.4 is 16.0 Å². The number of pyridine rings is 1. The van der Waals surface area contributed by atoms with Crippen molar-refractivity contribution in [1.29, 1.82) is 5.26 Å². The summed E-state index contributed by atoms with van der Waals surface area (Å²) < 4.78 is 0. The Bertz CT molecular complexity index is 1250. The van der Waals surface area contributed by atoms with E-state index in [1.807, 2.05) is 36.4 Å². The number of benzene rings is 1. The van der Waals surface area contributed by atoms with Crippen molar-refractivity contribution in [3.05, 3.63) is 59.9 Å². The molecule has 1 amide bonds. The fraction of sp³-hybridized carbons (Fsp3) is 0.346. The van der Waals surface area contributed by atoms with Gasteiger partial charge in [-0.25, -0.2) is 15.0 Å². The third kappa shape index (κ3) is 5.94. The molecule has 0 spiro atoms. The molecule has 0 radical (unpaired) electrons. The van der Waals surface area contributed by atoms with Crippen LogP contribution in [0.25, 0.3) is 11.3 Å². The number of hydrogen-bond donors (Lipinski definition) is 3. The van der Waals surface area contributed by atoms with Crippen molar-refractivity contribution in [3.8, 4) is 17.3 Å². The highest BCUT2D eigenvalue weighted by atomic mass is 16.2. The summed E-state index contributed by atoms with van der Waals surface area (Å²) in [7, 11) is 0. The molecule has 8 rings (SSSR count). The summed E-state index contributed by atoms with van der Waals surface area (Å²) in [5.74, 6) is 1.31. The van der Waals surface area contributed by atoms with Crippen LogP contribution in [0.5, 0.6) is 0 Å². The predicted octanol–water partition coefficient (Wildman–Crippen LogP) is 2.20. The van der Waals surface area contributed by atoms with Gasteiger partial charge in [-0.3, -0.25) is 14.6 Å². The number of rotatable bonds is 0. The van der Waals surface area contributed by atoms with E-state index in [4.69, 9.17) is 0 Å². The summed E-state index contributed by atoms with van der Waals surface area (Å²) in [4.78, 5) is 30.4. The van der Waals surface area contributed by atoms with Crippen LogP contribution in [0.3, 0.4) is 0 Å². The van der Waals surface area contributed by atoms with Crippen LogP contribution in [0, 0.1) is 11.3 Å². The van der Waals surface area contributed by atoms with Crippen molar-refractivity contribution in [2.24, 2.45) is 0 Å². The molecule has 0 unspecified atom stereocenters. The zero-order valence-corrected chi connectivity index (χ0v) is 20.1. The zero-order chi connectivity index (χ0) is 24.7. The van der Waals surface area contributed by atoms with Crippen LogP contribution >= 0.6 is 0 Å². The van der Waals surface area contributed by atoms with Gasteiger partial charge in [0.25, 0.3) is 0 Å². The Morgan fingerprint density at radius 1 is 0.917 bits per heavy atom. The molecule has 7 heterocycles. The number of anilines is 3. The quantitative estimate of drug-likeness (QED) is 0.442. The van der Waals surface area contributed by atoms with E-state index >= 15 is 0 Å². The minimum Gasteiger partial charge on any atom is -0.370 e. The SMILES string of the molecule is N#Cc1ccc2cc1CN1CCN(CC1)CC(=O)NCCCNc1ccc(cn1)-c1ccnc(n1)N2. The minimum atomic E-state index is 0.0534. The molecule has 184 valence electrons. The Hall–Kier alpha value is -4.07. The van der Waals surface area contributed by atoms with Crippen molar-refractivity contribution in [3.63, 3.8) is 0 Å². The second-order valence-corrected chi connectivity index (χ2v) is 8.99. The molecule has 3 N–H and O–H groups in total. The zero-order valence-electron chi connectivity index (χ0n) is 20.1. The Morgan fingerprint density at radius 2 is 1.72 bits per heavy atom. The van der Waals surface area contributed by atoms with Gasteiger partial charge in [0, 0.05) is 69.5 Å². The molecule has 10 nitrogen and oxygen atoms in total. The van der Waals surface area contributed by atoms with Crippen LogP contribution in [-0.4, -0.2) is 76.5 Å². The molecular formula is C26H29N9O. The molecule has 0 saturated carbocycles. The largest absolute Gasteiger partial charge is 0.370 e. The molecule has 1 aromatic carbocycles. The van der Waals surface area contributed by atoms with Gasteiger partial charge in [0.1, 0.15) is 5.82 Å². The van der Waals surface area contributed by atoms with Gasteiger partial charge in [0.15, 0.2) is 0 Å². The maximum Gasteiger partial charge on any atom is 0.234 e. The summed E-state index contributed by atoms with van der Waals surface area (Å²) in [5, 5.41) is 19.2. The van der Waals surface area contributed by atoms with E-state index in [1.54, 1.807) is 12.4 Å². The Balaban J connectivity index is 1.40. The number of piperazine rings is 1. The summed E-state index contributed by atoms with van der Waals surface area (Å²) in [6.45, 7) is 5.73. The highest BCUT2D eigenvalue weighted by Gasteiger charge is 2.20. The lowest BCUT2D eigenvalue weighted by atomic mass is 10.1. The standard InChI is InChI=1S/C26H29N9O/c27-15-19-2-4-22-14-21(19)17-34-10-12-35(13-11-34)18-25(36)29-8-1-7-28-24-5-3-20(16-31-24)23-6-9-30-26(32-22)33-23/h2-6,9,14,16H,1,7-8,10-13,17-18H2,(H,28,31)(H,29,36)(H,30,32,33). The average Bonchev–Trinajstić information content (AvgIpc) is 2.90. The number of nitrogens with one attached hydrogen (secondary N) is 3. The highest BCUT2D eigenvalue weighted by Crippen LogP contribution is 2.23. The number of nitrogens with zero attached hydrogens (tertiary/aromatic N) is 6. The van der Waals surface area contributed by atoms with Gasteiger partial charge in [-0.15, -0.1) is 0 Å². The molecule has 2 aromatic heterocycles. The van der Waals surface area contributed by atoms with Gasteiger partial charge >= 0.3 is 0 Å². The summed E-state index contributed by atoms with van der Waals surface area (Å²) in [6.07, 6.45) is 4.31. The van der Waals surface area contributed by atoms with E-state index in [2.05, 4.69) is 46.8 Å². The fourth-order valence-electron chi connectivity index (χ4n) is 4.41. The Kier molecular flexibility index (Phi) is 7.30. The molecule has 10 heteroatoms. The first-order valence-corrected chi connectivity index (χ1v) is 12.2. The summed E-state index contributed by atoms with van der Waals surface area (Å²) in [5.41, 5.74) is 4.08. The number of hydrogen-bond acceptors (Lipinski definition) is 9. The number of carbonyl (C=O) groups is 1. The molecule has 0 aliphatic carbocycles. The fourth-order valence-corrected chi connectivity index (χ4v) is 4.41. The topological polar surface area (TPSA) is 122 Å². The van der Waals surface area contributed by atoms with Crippen molar-refractivity contribution in [1.82, 2.24) is 30.1 Å². The van der Waals surface area contributed by atoms with Crippen LogP contribution in [0.15, 0.2) is 48.8 Å². The highest BCUT2D eigenvalue weighted by molar-refractivity contribution is 5.78. The van der Waals surface area contributed by atoms with Gasteiger partial charge in [-0.05, 0) is 48.4 Å². The van der Waals surface area contributed by atoms with Crippen LogP contribution in [-0.2, 0) is 11.3 Å². The molecule has 1 saturated heterocycles. The third-order valence-corrected chi connectivity index (χ3v) is 6.40. The number of nitriles is 1. The molecule has 0 atom stereocenters. The second-order valence-electron chi connectivity index (χ2n) is 8.99. The van der Waals surface area contributed by atoms with Crippen LogP contribution in [0.1, 0.15) is 17.5 Å². The maximum atomic E-state index is 12.4. The van der Waals surface area contributed by atoms with Crippen molar-refractivity contribution < 1.29 is 4.79 Å². The second kappa shape index (κ2) is 11.1. The van der Waals surface area contributed by atoms with Crippen molar-refractivity contribution in [2.45, 2.75) is 13.0 Å². The summed E-state index contributed by atoms with van der Waals surface area (Å²) in [6, 6.07) is 13.7. The van der Waals surface area contributed by atoms with Crippen LogP contribution in [0.4, 0.5) is 17.5 Å². The monoisotopic (exact) mass is 483 g/mol. The van der Waals surface area contributed by atoms with E-state index in [0.29, 0.717) is 31.1 Å². The van der Waals surface area contributed by atoms with Gasteiger partial charge in [-0.1, -0.05) is 0 Å². The first kappa shape index (κ1) is 23.7. The lowest BCUT2D eigenvalue weighted by Crippen LogP contribution is -2.49. The van der Waals surface area contributed by atoms with E-state index in [0.717, 1.165) is 67.5 Å². The van der Waals surface area contributed by atoms with Gasteiger partial charge < -0.3 is 16.0 Å². The molecule has 1 fully saturated rings. The molecule has 8 bridgehead atoms. The Morgan fingerprint density at radius 3 is 2.50 bits per heavy atom. The first-order chi connectivity index (χ1) is 17.7. The molecule has 36 heavy (non-hydrogen) atoms. The van der Waals surface area contributed by atoms with Crippen molar-refractivity contribution >= 4 is 23.4 Å². The van der Waals surface area contributed by atoms with E-state index in [1.165, 1.54) is 0 Å².